The van der Waals surface area contributed by atoms with Crippen molar-refractivity contribution in [2.24, 2.45) is 11.1 Å². The number of aromatic nitrogens is 2. The van der Waals surface area contributed by atoms with E-state index in [0.717, 1.165) is 51.5 Å². The summed E-state index contributed by atoms with van der Waals surface area (Å²) in [6.45, 7) is 12.5. The highest BCUT2D eigenvalue weighted by Gasteiger charge is 2.45. The van der Waals surface area contributed by atoms with Gasteiger partial charge in [0, 0.05) is 34.5 Å². The average molecular weight is 618 g/mol. The van der Waals surface area contributed by atoms with Gasteiger partial charge < -0.3 is 25.4 Å². The van der Waals surface area contributed by atoms with Crippen LogP contribution in [-0.2, 0) is 9.59 Å². The Morgan fingerprint density at radius 3 is 2.55 bits per heavy atom. The molecule has 2 amide bonds. The summed E-state index contributed by atoms with van der Waals surface area (Å²) in [7, 11) is 1.64. The lowest BCUT2D eigenvalue weighted by Gasteiger charge is -2.36. The topological polar surface area (TPSA) is 120 Å². The first-order valence-electron chi connectivity index (χ1n) is 15.2. The second-order valence-corrected chi connectivity index (χ2v) is 13.9. The largest absolute Gasteiger partial charge is 0.496 e. The third kappa shape index (κ3) is 6.45. The van der Waals surface area contributed by atoms with Crippen LogP contribution in [-0.4, -0.2) is 58.5 Å². The first-order chi connectivity index (χ1) is 20.9. The normalized spacial score (nSPS) is 19.3. The molecule has 10 heteroatoms. The second-order valence-electron chi connectivity index (χ2n) is 13.0. The molecule has 2 aromatic heterocycles. The van der Waals surface area contributed by atoms with Gasteiger partial charge >= 0.3 is 0 Å². The van der Waals surface area contributed by atoms with Crippen LogP contribution in [0.4, 0.5) is 0 Å². The molecular weight excluding hydrogens is 574 g/mol. The number of benzene rings is 1. The highest BCUT2D eigenvalue weighted by atomic mass is 32.1. The van der Waals surface area contributed by atoms with E-state index in [9.17, 15) is 9.59 Å². The monoisotopic (exact) mass is 617 g/mol. The number of hydrogen-bond donors (Lipinski definition) is 2. The molecule has 3 atom stereocenters. The summed E-state index contributed by atoms with van der Waals surface area (Å²) in [6, 6.07) is 4.40. The van der Waals surface area contributed by atoms with Gasteiger partial charge in [-0.2, -0.15) is 0 Å². The maximum Gasteiger partial charge on any atom is 0.246 e. The maximum atomic E-state index is 14.1. The molecule has 1 fully saturated rings. The minimum Gasteiger partial charge on any atom is -0.496 e. The van der Waals surface area contributed by atoms with Crippen LogP contribution in [0.1, 0.15) is 71.1 Å². The number of allylic oxidation sites excluding steroid dienone is 3. The lowest BCUT2D eigenvalue weighted by molar-refractivity contribution is -0.141. The second kappa shape index (κ2) is 12.6. The van der Waals surface area contributed by atoms with Crippen LogP contribution >= 0.6 is 11.3 Å². The van der Waals surface area contributed by atoms with E-state index < -0.39 is 29.5 Å². The number of likely N-dealkylation sites (tertiary alicyclic amines) is 1. The van der Waals surface area contributed by atoms with Crippen molar-refractivity contribution in [2.45, 2.75) is 84.9 Å². The van der Waals surface area contributed by atoms with Crippen molar-refractivity contribution in [2.75, 3.05) is 13.7 Å². The van der Waals surface area contributed by atoms with Crippen LogP contribution in [0.3, 0.4) is 0 Å². The number of carbonyl (C=O) groups excluding carboxylic acids is 2. The van der Waals surface area contributed by atoms with Gasteiger partial charge in [0.1, 0.15) is 40.4 Å². The third-order valence-electron chi connectivity index (χ3n) is 8.29. The fourth-order valence-electron chi connectivity index (χ4n) is 5.75. The Labute approximate surface area is 263 Å². The van der Waals surface area contributed by atoms with Gasteiger partial charge in [-0.05, 0) is 49.3 Å². The van der Waals surface area contributed by atoms with Gasteiger partial charge in [-0.3, -0.25) is 9.59 Å². The lowest BCUT2D eigenvalue weighted by atomic mass is 9.85. The summed E-state index contributed by atoms with van der Waals surface area (Å²) in [5.41, 5.74) is 9.72. The number of nitrogens with zero attached hydrogens (tertiary/aromatic N) is 3. The standard InChI is InChI=1S/C34H43N5O4S/c1-19(2)25-18-44-32(38-25)24-16-28(23-13-14-27(42-7)20(3)29(23)37-24)43-22-15-26(31(35)40)39(17-22)33(41)30(34(4,5)6)36-21-11-9-8-10-12-21/h9,11-14,16,18-19,22,26,30,36H,8,10,15,17H2,1-7H3,(H2,35,40)/t22-,26+,30?/m1/s1. The molecule has 0 bridgehead atoms. The van der Waals surface area contributed by atoms with Crippen LogP contribution < -0.4 is 20.5 Å². The molecule has 44 heavy (non-hydrogen) atoms. The van der Waals surface area contributed by atoms with Gasteiger partial charge in [-0.15, -0.1) is 11.3 Å². The molecule has 1 aliphatic heterocycles. The summed E-state index contributed by atoms with van der Waals surface area (Å²) in [5, 5.41) is 7.11. The van der Waals surface area contributed by atoms with Crippen molar-refractivity contribution in [3.8, 4) is 22.2 Å². The quantitative estimate of drug-likeness (QED) is 0.308. The molecule has 0 spiro atoms. The predicted octanol–water partition coefficient (Wildman–Crippen LogP) is 5.87. The number of pyridine rings is 1. The Hall–Kier alpha value is -3.92. The number of thiazole rings is 1. The number of primary amides is 1. The van der Waals surface area contributed by atoms with E-state index in [-0.39, 0.29) is 12.5 Å². The van der Waals surface area contributed by atoms with Crippen LogP contribution in [0.25, 0.3) is 21.6 Å². The maximum absolute atomic E-state index is 14.1. The number of fused-ring (bicyclic) bond motifs is 1. The van der Waals surface area contributed by atoms with Crippen molar-refractivity contribution in [3.05, 3.63) is 58.8 Å². The molecule has 3 aromatic rings. The van der Waals surface area contributed by atoms with E-state index in [4.69, 9.17) is 25.2 Å². The number of ether oxygens (including phenoxy) is 2. The SMILES string of the molecule is COc1ccc2c(O[C@@H]3C[C@@H](C(N)=O)N(C(=O)C(NC4=CCCC=C4)C(C)(C)C)C3)cc(-c3nc(C(C)C)cs3)nc2c1C. The van der Waals surface area contributed by atoms with E-state index in [1.807, 2.05) is 52.0 Å². The van der Waals surface area contributed by atoms with Crippen LogP contribution in [0.15, 0.2) is 47.5 Å². The minimum atomic E-state index is -0.781. The van der Waals surface area contributed by atoms with Crippen molar-refractivity contribution >= 4 is 34.1 Å². The average Bonchev–Trinajstić information content (AvgIpc) is 3.64. The zero-order valence-corrected chi connectivity index (χ0v) is 27.5. The molecular formula is C34H43N5O4S. The summed E-state index contributed by atoms with van der Waals surface area (Å²) >= 11 is 1.54. The lowest BCUT2D eigenvalue weighted by Crippen LogP contribution is -2.56. The number of aryl methyl sites for hydroxylation is 1. The molecule has 1 aliphatic carbocycles. The van der Waals surface area contributed by atoms with Gasteiger partial charge in [-0.1, -0.05) is 46.8 Å². The Bertz CT molecular complexity index is 1620. The minimum absolute atomic E-state index is 0.169. The van der Waals surface area contributed by atoms with Crippen molar-refractivity contribution in [3.63, 3.8) is 0 Å². The molecule has 2 aliphatic rings. The highest BCUT2D eigenvalue weighted by molar-refractivity contribution is 7.13. The van der Waals surface area contributed by atoms with Crippen molar-refractivity contribution in [1.82, 2.24) is 20.2 Å². The van der Waals surface area contributed by atoms with Gasteiger partial charge in [0.25, 0.3) is 0 Å². The molecule has 3 N–H and O–H groups in total. The Kier molecular flexibility index (Phi) is 9.02. The Balaban J connectivity index is 1.48. The van der Waals surface area contributed by atoms with Crippen LogP contribution in [0.2, 0.25) is 0 Å². The summed E-state index contributed by atoms with van der Waals surface area (Å²) in [4.78, 5) is 38.2. The number of amides is 2. The molecule has 1 unspecified atom stereocenters. The summed E-state index contributed by atoms with van der Waals surface area (Å²) < 4.78 is 12.3. The van der Waals surface area contributed by atoms with E-state index in [0.29, 0.717) is 23.8 Å². The zero-order chi connectivity index (χ0) is 31.8. The van der Waals surface area contributed by atoms with Gasteiger partial charge in [-0.25, -0.2) is 9.97 Å². The third-order valence-corrected chi connectivity index (χ3v) is 9.17. The zero-order valence-electron chi connectivity index (χ0n) is 26.6. The number of methoxy groups -OCH3 is 1. The fourth-order valence-corrected chi connectivity index (χ4v) is 6.69. The smallest absolute Gasteiger partial charge is 0.246 e. The van der Waals surface area contributed by atoms with Crippen LogP contribution in [0, 0.1) is 12.3 Å². The van der Waals surface area contributed by atoms with Gasteiger partial charge in [0.15, 0.2) is 0 Å². The van der Waals surface area contributed by atoms with E-state index >= 15 is 0 Å². The van der Waals surface area contributed by atoms with Crippen molar-refractivity contribution in [1.29, 1.82) is 0 Å². The highest BCUT2D eigenvalue weighted by Crippen LogP contribution is 2.38. The summed E-state index contributed by atoms with van der Waals surface area (Å²) in [5.74, 6) is 0.922. The predicted molar refractivity (Wildman–Crippen MR) is 175 cm³/mol. The Morgan fingerprint density at radius 2 is 1.93 bits per heavy atom. The molecule has 1 saturated heterocycles. The number of nitrogens with two attached hydrogens (primary N) is 1. The van der Waals surface area contributed by atoms with E-state index in [1.165, 1.54) is 0 Å². The number of hydrogen-bond acceptors (Lipinski definition) is 8. The molecule has 234 valence electrons. The molecule has 0 saturated carbocycles. The first kappa shape index (κ1) is 31.5. The fraction of sp³-hybridized carbons (Fsp3) is 0.471. The number of nitrogens with one attached hydrogen (secondary N) is 1. The van der Waals surface area contributed by atoms with Gasteiger partial charge in [0.2, 0.25) is 11.8 Å². The van der Waals surface area contributed by atoms with Crippen LogP contribution in [0.5, 0.6) is 11.5 Å². The number of rotatable bonds is 9. The molecule has 9 nitrogen and oxygen atoms in total. The van der Waals surface area contributed by atoms with Crippen molar-refractivity contribution < 1.29 is 19.1 Å². The van der Waals surface area contributed by atoms with E-state index in [2.05, 4.69) is 36.7 Å². The number of carbonyl (C=O) groups is 2. The molecule has 1 aromatic carbocycles. The molecule has 5 rings (SSSR count). The molecule has 0 radical (unpaired) electrons. The van der Waals surface area contributed by atoms with Gasteiger partial charge in [0.05, 0.1) is 24.9 Å². The molecule has 3 heterocycles. The van der Waals surface area contributed by atoms with E-state index in [1.54, 1.807) is 23.3 Å². The Morgan fingerprint density at radius 1 is 1.16 bits per heavy atom. The first-order valence-corrected chi connectivity index (χ1v) is 16.1. The summed E-state index contributed by atoms with van der Waals surface area (Å²) in [6.07, 6.45) is 7.94.